The van der Waals surface area contributed by atoms with E-state index in [9.17, 15) is 9.59 Å². The van der Waals surface area contributed by atoms with Crippen molar-refractivity contribution in [3.63, 3.8) is 0 Å². The maximum absolute atomic E-state index is 12.5. The SMILES string of the molecule is O=C(Nc1ccc2c(=O)c3ccccc3oc2c1)c1ccccc1Cl. The number of para-hydroxylation sites is 1. The third-order valence-electron chi connectivity index (χ3n) is 3.95. The number of amides is 1. The monoisotopic (exact) mass is 349 g/mol. The summed E-state index contributed by atoms with van der Waals surface area (Å²) in [5.41, 5.74) is 1.73. The molecule has 0 aliphatic rings. The summed E-state index contributed by atoms with van der Waals surface area (Å²) < 4.78 is 5.80. The number of benzene rings is 3. The van der Waals surface area contributed by atoms with Crippen LogP contribution in [-0.2, 0) is 0 Å². The normalized spacial score (nSPS) is 10.9. The van der Waals surface area contributed by atoms with Gasteiger partial charge in [0.2, 0.25) is 5.43 Å². The van der Waals surface area contributed by atoms with Crippen LogP contribution in [0.3, 0.4) is 0 Å². The lowest BCUT2D eigenvalue weighted by Crippen LogP contribution is -2.12. The van der Waals surface area contributed by atoms with Crippen LogP contribution in [0.5, 0.6) is 0 Å². The largest absolute Gasteiger partial charge is 0.456 e. The van der Waals surface area contributed by atoms with Crippen LogP contribution in [0.25, 0.3) is 21.9 Å². The highest BCUT2D eigenvalue weighted by Gasteiger charge is 2.12. The van der Waals surface area contributed by atoms with E-state index in [4.69, 9.17) is 16.0 Å². The summed E-state index contributed by atoms with van der Waals surface area (Å²) in [7, 11) is 0. The van der Waals surface area contributed by atoms with Crippen LogP contribution >= 0.6 is 11.6 Å². The average molecular weight is 350 g/mol. The van der Waals surface area contributed by atoms with Crippen LogP contribution in [0.4, 0.5) is 5.69 Å². The number of rotatable bonds is 2. The van der Waals surface area contributed by atoms with Crippen molar-refractivity contribution in [1.82, 2.24) is 0 Å². The van der Waals surface area contributed by atoms with Gasteiger partial charge in [0.1, 0.15) is 11.2 Å². The Labute approximate surface area is 147 Å². The van der Waals surface area contributed by atoms with Crippen molar-refractivity contribution in [3.8, 4) is 0 Å². The van der Waals surface area contributed by atoms with Crippen LogP contribution in [-0.4, -0.2) is 5.91 Å². The molecule has 1 amide bonds. The fraction of sp³-hybridized carbons (Fsp3) is 0. The molecule has 0 radical (unpaired) electrons. The number of fused-ring (bicyclic) bond motifs is 2. The Balaban J connectivity index is 1.77. The van der Waals surface area contributed by atoms with Gasteiger partial charge in [0, 0.05) is 11.8 Å². The summed E-state index contributed by atoms with van der Waals surface area (Å²) in [5.74, 6) is -0.326. The van der Waals surface area contributed by atoms with Crippen LogP contribution in [0.15, 0.2) is 75.9 Å². The van der Waals surface area contributed by atoms with Gasteiger partial charge in [0.05, 0.1) is 21.4 Å². The maximum Gasteiger partial charge on any atom is 0.257 e. The van der Waals surface area contributed by atoms with E-state index in [1.165, 1.54) is 0 Å². The summed E-state index contributed by atoms with van der Waals surface area (Å²) in [5, 5.41) is 4.14. The van der Waals surface area contributed by atoms with E-state index >= 15 is 0 Å². The van der Waals surface area contributed by atoms with Crippen LogP contribution in [0.2, 0.25) is 5.02 Å². The van der Waals surface area contributed by atoms with Crippen LogP contribution in [0, 0.1) is 0 Å². The Hall–Kier alpha value is -3.11. The molecule has 4 rings (SSSR count). The number of carbonyl (C=O) groups excluding carboxylic acids is 1. The van der Waals surface area contributed by atoms with Crippen molar-refractivity contribution < 1.29 is 9.21 Å². The number of halogens is 1. The standard InChI is InChI=1S/C20H12ClNO3/c21-16-7-3-1-5-13(16)20(24)22-12-9-10-15-18(11-12)25-17-8-4-2-6-14(17)19(15)23/h1-11H,(H,22,24). The topological polar surface area (TPSA) is 59.3 Å². The molecule has 1 heterocycles. The molecule has 3 aromatic carbocycles. The Morgan fingerprint density at radius 3 is 2.44 bits per heavy atom. The summed E-state index contributed by atoms with van der Waals surface area (Å²) in [6, 6.07) is 18.8. The zero-order valence-corrected chi connectivity index (χ0v) is 13.7. The second kappa shape index (κ2) is 6.07. The molecule has 0 aliphatic carbocycles. The van der Waals surface area contributed by atoms with Crippen LogP contribution in [0.1, 0.15) is 10.4 Å². The second-order valence-corrected chi connectivity index (χ2v) is 5.98. The van der Waals surface area contributed by atoms with E-state index in [0.717, 1.165) is 0 Å². The summed E-state index contributed by atoms with van der Waals surface area (Å²) in [4.78, 5) is 24.9. The number of nitrogens with one attached hydrogen (secondary N) is 1. The van der Waals surface area contributed by atoms with Gasteiger partial charge < -0.3 is 9.73 Å². The van der Waals surface area contributed by atoms with Crippen molar-refractivity contribution in [2.75, 3.05) is 5.32 Å². The second-order valence-electron chi connectivity index (χ2n) is 5.57. The maximum atomic E-state index is 12.5. The molecule has 1 aromatic heterocycles. The molecule has 25 heavy (non-hydrogen) atoms. The molecule has 0 aliphatic heterocycles. The van der Waals surface area contributed by atoms with Gasteiger partial charge in [-0.3, -0.25) is 9.59 Å². The van der Waals surface area contributed by atoms with Gasteiger partial charge in [-0.05, 0) is 36.4 Å². The Kier molecular flexibility index (Phi) is 3.75. The van der Waals surface area contributed by atoms with E-state index in [-0.39, 0.29) is 11.3 Å². The van der Waals surface area contributed by atoms with Crippen molar-refractivity contribution in [2.45, 2.75) is 0 Å². The third-order valence-corrected chi connectivity index (χ3v) is 4.28. The summed E-state index contributed by atoms with van der Waals surface area (Å²) in [6.45, 7) is 0. The molecule has 5 heteroatoms. The van der Waals surface area contributed by atoms with Crippen molar-refractivity contribution >= 4 is 45.1 Å². The smallest absolute Gasteiger partial charge is 0.257 e. The molecule has 0 saturated heterocycles. The number of anilines is 1. The number of carbonyl (C=O) groups is 1. The quantitative estimate of drug-likeness (QED) is 0.526. The minimum absolute atomic E-state index is 0.0965. The molecule has 0 saturated carbocycles. The molecule has 0 fully saturated rings. The highest BCUT2D eigenvalue weighted by atomic mass is 35.5. The Morgan fingerprint density at radius 2 is 1.60 bits per heavy atom. The molecule has 4 aromatic rings. The number of hydrogen-bond donors (Lipinski definition) is 1. The van der Waals surface area contributed by atoms with Crippen molar-refractivity contribution in [1.29, 1.82) is 0 Å². The third kappa shape index (κ3) is 2.77. The molecule has 1 N–H and O–H groups in total. The Bertz CT molecular complexity index is 1180. The zero-order valence-electron chi connectivity index (χ0n) is 13.0. The lowest BCUT2D eigenvalue weighted by Gasteiger charge is -2.08. The lowest BCUT2D eigenvalue weighted by molar-refractivity contribution is 0.102. The first-order valence-corrected chi connectivity index (χ1v) is 8.03. The van der Waals surface area contributed by atoms with Gasteiger partial charge >= 0.3 is 0 Å². The molecule has 0 bridgehead atoms. The fourth-order valence-electron chi connectivity index (χ4n) is 2.72. The highest BCUT2D eigenvalue weighted by molar-refractivity contribution is 6.34. The highest BCUT2D eigenvalue weighted by Crippen LogP contribution is 2.23. The van der Waals surface area contributed by atoms with E-state index < -0.39 is 0 Å². The van der Waals surface area contributed by atoms with E-state index in [2.05, 4.69) is 5.32 Å². The zero-order chi connectivity index (χ0) is 17.4. The van der Waals surface area contributed by atoms with E-state index in [1.54, 1.807) is 66.7 Å². The summed E-state index contributed by atoms with van der Waals surface area (Å²) in [6.07, 6.45) is 0. The van der Waals surface area contributed by atoms with Crippen molar-refractivity contribution in [2.24, 2.45) is 0 Å². The van der Waals surface area contributed by atoms with Gasteiger partial charge in [-0.15, -0.1) is 0 Å². The van der Waals surface area contributed by atoms with E-state index in [0.29, 0.717) is 38.2 Å². The lowest BCUT2D eigenvalue weighted by atomic mass is 10.1. The fourth-order valence-corrected chi connectivity index (χ4v) is 2.94. The Morgan fingerprint density at radius 1 is 0.880 bits per heavy atom. The van der Waals surface area contributed by atoms with Gasteiger partial charge in [-0.1, -0.05) is 35.9 Å². The van der Waals surface area contributed by atoms with Gasteiger partial charge in [0.15, 0.2) is 0 Å². The molecular weight excluding hydrogens is 338 g/mol. The molecule has 122 valence electrons. The molecule has 4 nitrogen and oxygen atoms in total. The average Bonchev–Trinajstić information content (AvgIpc) is 2.62. The predicted octanol–water partition coefficient (Wildman–Crippen LogP) is 4.85. The number of hydrogen-bond acceptors (Lipinski definition) is 3. The molecule has 0 unspecified atom stereocenters. The van der Waals surface area contributed by atoms with Gasteiger partial charge in [0.25, 0.3) is 5.91 Å². The first-order chi connectivity index (χ1) is 12.1. The molecule has 0 spiro atoms. The first kappa shape index (κ1) is 15.4. The van der Waals surface area contributed by atoms with Crippen molar-refractivity contribution in [3.05, 3.63) is 87.5 Å². The minimum Gasteiger partial charge on any atom is -0.456 e. The molecule has 0 atom stereocenters. The predicted molar refractivity (Wildman–Crippen MR) is 99.4 cm³/mol. The van der Waals surface area contributed by atoms with Gasteiger partial charge in [-0.2, -0.15) is 0 Å². The van der Waals surface area contributed by atoms with Gasteiger partial charge in [-0.25, -0.2) is 0 Å². The minimum atomic E-state index is -0.326. The van der Waals surface area contributed by atoms with Crippen LogP contribution < -0.4 is 10.7 Å². The van der Waals surface area contributed by atoms with E-state index in [1.807, 2.05) is 0 Å². The summed E-state index contributed by atoms with van der Waals surface area (Å²) >= 11 is 6.05. The first-order valence-electron chi connectivity index (χ1n) is 7.65. The molecular formula is C20H12ClNO3.